The first-order chi connectivity index (χ1) is 8.33. The van der Waals surface area contributed by atoms with E-state index in [9.17, 15) is 0 Å². The number of rotatable bonds is 3. The fraction of sp³-hybridized carbons (Fsp3) is 0.429. The van der Waals surface area contributed by atoms with Gasteiger partial charge in [-0.2, -0.15) is 11.3 Å². The van der Waals surface area contributed by atoms with Crippen molar-refractivity contribution in [3.05, 3.63) is 45.9 Å². The Kier molecular flexibility index (Phi) is 3.04. The van der Waals surface area contributed by atoms with Gasteiger partial charge in [0.05, 0.1) is 0 Å². The molecule has 2 heterocycles. The first-order valence-electron chi connectivity index (χ1n) is 6.28. The van der Waals surface area contributed by atoms with Crippen LogP contribution in [0.25, 0.3) is 0 Å². The van der Waals surface area contributed by atoms with Crippen LogP contribution >= 0.6 is 11.3 Å². The third kappa shape index (κ3) is 2.31. The van der Waals surface area contributed by atoms with Gasteiger partial charge in [0.15, 0.2) is 0 Å². The molecule has 90 valence electrons. The van der Waals surface area contributed by atoms with E-state index in [0.717, 1.165) is 19.4 Å². The van der Waals surface area contributed by atoms with E-state index >= 15 is 0 Å². The molecule has 2 aromatic heterocycles. The van der Waals surface area contributed by atoms with E-state index in [0.29, 0.717) is 0 Å². The van der Waals surface area contributed by atoms with E-state index < -0.39 is 0 Å². The van der Waals surface area contributed by atoms with Crippen molar-refractivity contribution < 1.29 is 0 Å². The van der Waals surface area contributed by atoms with Crippen LogP contribution in [0.5, 0.6) is 0 Å². The number of thiophene rings is 1. The van der Waals surface area contributed by atoms with E-state index in [4.69, 9.17) is 5.73 Å². The van der Waals surface area contributed by atoms with Gasteiger partial charge in [-0.05, 0) is 59.2 Å². The number of aromatic nitrogens is 1. The molecule has 0 fully saturated rings. The summed E-state index contributed by atoms with van der Waals surface area (Å²) < 4.78 is 2.31. The molecule has 2 nitrogen and oxygen atoms in total. The Morgan fingerprint density at radius 2 is 2.35 bits per heavy atom. The third-order valence-corrected chi connectivity index (χ3v) is 4.33. The van der Waals surface area contributed by atoms with Gasteiger partial charge in [0.2, 0.25) is 0 Å². The molecular formula is C14H18N2S. The summed E-state index contributed by atoms with van der Waals surface area (Å²) >= 11 is 1.77. The normalized spacial score (nSPS) is 19.2. The van der Waals surface area contributed by atoms with Gasteiger partial charge in [0.1, 0.15) is 0 Å². The minimum Gasteiger partial charge on any atom is -0.353 e. The van der Waals surface area contributed by atoms with Gasteiger partial charge < -0.3 is 10.3 Å². The number of aryl methyl sites for hydroxylation is 3. The molecule has 3 rings (SSSR count). The molecule has 1 aliphatic rings. The van der Waals surface area contributed by atoms with Crippen LogP contribution in [-0.2, 0) is 19.4 Å². The van der Waals surface area contributed by atoms with Gasteiger partial charge in [-0.1, -0.05) is 0 Å². The second kappa shape index (κ2) is 4.67. The van der Waals surface area contributed by atoms with E-state index in [1.165, 1.54) is 29.5 Å². The van der Waals surface area contributed by atoms with E-state index in [1.807, 2.05) is 0 Å². The fourth-order valence-corrected chi connectivity index (χ4v) is 3.31. The molecule has 3 heteroatoms. The minimum absolute atomic E-state index is 0.265. The molecule has 0 amide bonds. The predicted molar refractivity (Wildman–Crippen MR) is 72.3 cm³/mol. The zero-order valence-corrected chi connectivity index (χ0v) is 10.7. The monoisotopic (exact) mass is 246 g/mol. The van der Waals surface area contributed by atoms with Crippen LogP contribution in [0.2, 0.25) is 0 Å². The maximum absolute atomic E-state index is 6.14. The Hall–Kier alpha value is -1.06. The highest BCUT2D eigenvalue weighted by atomic mass is 32.1. The Balaban J connectivity index is 1.72. The molecule has 0 bridgehead atoms. The lowest BCUT2D eigenvalue weighted by molar-refractivity contribution is 0.573. The highest BCUT2D eigenvalue weighted by Crippen LogP contribution is 2.28. The van der Waals surface area contributed by atoms with Crippen molar-refractivity contribution in [2.75, 3.05) is 0 Å². The van der Waals surface area contributed by atoms with Gasteiger partial charge in [-0.25, -0.2) is 0 Å². The first kappa shape index (κ1) is 11.1. The van der Waals surface area contributed by atoms with Crippen molar-refractivity contribution in [3.63, 3.8) is 0 Å². The Morgan fingerprint density at radius 1 is 1.41 bits per heavy atom. The Bertz CT molecular complexity index is 484. The third-order valence-electron chi connectivity index (χ3n) is 3.60. The van der Waals surface area contributed by atoms with E-state index in [1.54, 1.807) is 11.3 Å². The standard InChI is InChI=1S/C14H18N2S/c15-14-3-1-2-12-8-16(9-13(12)14)6-4-11-5-7-17-10-11/h5,7-10,14H,1-4,6,15H2. The molecule has 0 aliphatic heterocycles. The lowest BCUT2D eigenvalue weighted by atomic mass is 9.92. The Labute approximate surface area is 106 Å². The smallest absolute Gasteiger partial charge is 0.0312 e. The average Bonchev–Trinajstić information content (AvgIpc) is 2.95. The quantitative estimate of drug-likeness (QED) is 0.886. The lowest BCUT2D eigenvalue weighted by Gasteiger charge is -2.17. The molecule has 1 atom stereocenters. The van der Waals surface area contributed by atoms with Crippen LogP contribution in [0.1, 0.15) is 35.6 Å². The maximum Gasteiger partial charge on any atom is 0.0312 e. The maximum atomic E-state index is 6.14. The Morgan fingerprint density at radius 3 is 3.12 bits per heavy atom. The fourth-order valence-electron chi connectivity index (χ4n) is 2.61. The summed E-state index contributed by atoms with van der Waals surface area (Å²) in [6, 6.07) is 2.47. The molecule has 0 aromatic carbocycles. The molecule has 0 spiro atoms. The van der Waals surface area contributed by atoms with E-state index in [-0.39, 0.29) is 6.04 Å². The van der Waals surface area contributed by atoms with E-state index in [2.05, 4.69) is 33.8 Å². The second-order valence-corrected chi connectivity index (χ2v) is 5.64. The van der Waals surface area contributed by atoms with Crippen LogP contribution < -0.4 is 5.73 Å². The van der Waals surface area contributed by atoms with Gasteiger partial charge in [0, 0.05) is 25.0 Å². The van der Waals surface area contributed by atoms with Crippen LogP contribution in [0.15, 0.2) is 29.2 Å². The first-order valence-corrected chi connectivity index (χ1v) is 7.22. The molecule has 0 radical (unpaired) electrons. The van der Waals surface area contributed by atoms with Crippen LogP contribution in [0.3, 0.4) is 0 Å². The summed E-state index contributed by atoms with van der Waals surface area (Å²) in [4.78, 5) is 0. The number of hydrogen-bond acceptors (Lipinski definition) is 2. The second-order valence-electron chi connectivity index (χ2n) is 4.86. The number of hydrogen-bond donors (Lipinski definition) is 1. The van der Waals surface area contributed by atoms with Crippen molar-refractivity contribution in [1.29, 1.82) is 0 Å². The molecule has 2 aromatic rings. The average molecular weight is 246 g/mol. The van der Waals surface area contributed by atoms with Gasteiger partial charge in [0.25, 0.3) is 0 Å². The van der Waals surface area contributed by atoms with Crippen molar-refractivity contribution in [3.8, 4) is 0 Å². The molecule has 1 unspecified atom stereocenters. The molecule has 1 aliphatic carbocycles. The zero-order chi connectivity index (χ0) is 11.7. The van der Waals surface area contributed by atoms with Crippen molar-refractivity contribution in [2.45, 2.75) is 38.3 Å². The highest BCUT2D eigenvalue weighted by molar-refractivity contribution is 7.07. The molecule has 2 N–H and O–H groups in total. The SMILES string of the molecule is NC1CCCc2cn(CCc3ccsc3)cc21. The van der Waals surface area contributed by atoms with Gasteiger partial charge in [-0.15, -0.1) is 0 Å². The summed E-state index contributed by atoms with van der Waals surface area (Å²) in [6.07, 6.45) is 9.25. The summed E-state index contributed by atoms with van der Waals surface area (Å²) in [6.45, 7) is 1.07. The van der Waals surface area contributed by atoms with Crippen LogP contribution in [0.4, 0.5) is 0 Å². The van der Waals surface area contributed by atoms with Crippen LogP contribution in [0, 0.1) is 0 Å². The lowest BCUT2D eigenvalue weighted by Crippen LogP contribution is -2.15. The van der Waals surface area contributed by atoms with Crippen molar-refractivity contribution >= 4 is 11.3 Å². The number of fused-ring (bicyclic) bond motifs is 1. The van der Waals surface area contributed by atoms with Crippen LogP contribution in [-0.4, -0.2) is 4.57 Å². The van der Waals surface area contributed by atoms with Gasteiger partial charge >= 0.3 is 0 Å². The number of nitrogens with zero attached hydrogens (tertiary/aromatic N) is 1. The molecule has 0 saturated heterocycles. The largest absolute Gasteiger partial charge is 0.353 e. The molecule has 0 saturated carbocycles. The molecular weight excluding hydrogens is 228 g/mol. The minimum atomic E-state index is 0.265. The summed E-state index contributed by atoms with van der Waals surface area (Å²) in [5.41, 5.74) is 10.4. The molecule has 17 heavy (non-hydrogen) atoms. The predicted octanol–water partition coefficient (Wildman–Crippen LogP) is 3.13. The number of nitrogens with two attached hydrogens (primary N) is 1. The van der Waals surface area contributed by atoms with Crippen molar-refractivity contribution in [1.82, 2.24) is 4.57 Å². The highest BCUT2D eigenvalue weighted by Gasteiger charge is 2.18. The van der Waals surface area contributed by atoms with Gasteiger partial charge in [-0.3, -0.25) is 0 Å². The summed E-state index contributed by atoms with van der Waals surface area (Å²) in [5, 5.41) is 4.38. The zero-order valence-electron chi connectivity index (χ0n) is 9.93. The topological polar surface area (TPSA) is 30.9 Å². The van der Waals surface area contributed by atoms with Crippen molar-refractivity contribution in [2.24, 2.45) is 5.73 Å². The summed E-state index contributed by atoms with van der Waals surface area (Å²) in [5.74, 6) is 0. The summed E-state index contributed by atoms with van der Waals surface area (Å²) in [7, 11) is 0.